The molecule has 0 rings (SSSR count). The van der Waals surface area contributed by atoms with E-state index in [-0.39, 0.29) is 103 Å². The van der Waals surface area contributed by atoms with Crippen molar-refractivity contribution >= 4 is 11.9 Å². The summed E-state index contributed by atoms with van der Waals surface area (Å²) >= 11 is 0. The fourth-order valence-corrected chi connectivity index (χ4v) is 5.15. The average molecular weight is 519 g/mol. The van der Waals surface area contributed by atoms with Gasteiger partial charge in [-0.25, -0.2) is 0 Å². The third kappa shape index (κ3) is 16.6. The summed E-state index contributed by atoms with van der Waals surface area (Å²) in [5.41, 5.74) is -1.48. The van der Waals surface area contributed by atoms with Gasteiger partial charge < -0.3 is 24.5 Å². The Morgan fingerprint density at radius 1 is 0.667 bits per heavy atom. The average Bonchev–Trinajstić information content (AvgIpc) is 2.65. The van der Waals surface area contributed by atoms with Gasteiger partial charge in [-0.3, -0.25) is 0 Å². The Morgan fingerprint density at radius 3 is 1.52 bits per heavy atom. The summed E-state index contributed by atoms with van der Waals surface area (Å²) in [6.07, 6.45) is 9.31. The smallest absolute Gasteiger partial charge is 0.550 e. The van der Waals surface area contributed by atoms with Crippen molar-refractivity contribution < 1.29 is 127 Å². The molecule has 0 unspecified atom stereocenters. The quantitative estimate of drug-likeness (QED) is 0.145. The molecule has 5 nitrogen and oxygen atoms in total. The molecule has 0 fully saturated rings. The number of aliphatic carboxylic acids is 2. The van der Waals surface area contributed by atoms with E-state index >= 15 is 0 Å². The van der Waals surface area contributed by atoms with E-state index in [0.29, 0.717) is 63.6 Å². The van der Waals surface area contributed by atoms with Crippen LogP contribution in [0.2, 0.25) is 0 Å². The summed E-state index contributed by atoms with van der Waals surface area (Å²) in [4.78, 5) is 23.7. The van der Waals surface area contributed by atoms with Crippen molar-refractivity contribution in [3.05, 3.63) is 0 Å². The van der Waals surface area contributed by atoms with Crippen LogP contribution in [0.3, 0.4) is 0 Å². The van der Waals surface area contributed by atoms with Crippen molar-refractivity contribution in [3.63, 3.8) is 0 Å². The van der Waals surface area contributed by atoms with Gasteiger partial charge in [-0.15, -0.1) is 0 Å². The minimum atomic E-state index is -0.950. The third-order valence-corrected chi connectivity index (χ3v) is 6.34. The Hall–Kier alpha value is 2.17. The minimum absolute atomic E-state index is 0. The molecule has 0 amide bonds. The fourth-order valence-electron chi connectivity index (χ4n) is 5.15. The molecule has 0 aliphatic heterocycles. The van der Waals surface area contributed by atoms with Gasteiger partial charge >= 0.3 is 103 Å². The van der Waals surface area contributed by atoms with Crippen molar-refractivity contribution in [1.29, 1.82) is 0 Å². The van der Waals surface area contributed by atoms with Crippen molar-refractivity contribution in [1.82, 2.24) is 0 Å². The Morgan fingerprint density at radius 2 is 1.12 bits per heavy atom. The van der Waals surface area contributed by atoms with Gasteiger partial charge in [0.15, 0.2) is 0 Å². The molecule has 184 valence electrons. The number of unbranched alkanes of at least 4 members (excludes halogenated alkanes) is 3. The monoisotopic (exact) mass is 518 g/mol. The molecule has 0 N–H and O–H groups in total. The molecule has 0 radical (unpaired) electrons. The van der Waals surface area contributed by atoms with Crippen LogP contribution in [0.25, 0.3) is 0 Å². The van der Waals surface area contributed by atoms with E-state index < -0.39 is 22.8 Å². The summed E-state index contributed by atoms with van der Waals surface area (Å²) in [5.74, 6) is -1.25. The molecular weight excluding hydrogens is 470 g/mol. The number of ether oxygens (including phenoxy) is 1. The molecule has 0 aromatic rings. The summed E-state index contributed by atoms with van der Waals surface area (Å²) < 4.78 is 5.77. The van der Waals surface area contributed by atoms with Crippen LogP contribution < -0.4 is 113 Å². The molecule has 0 atom stereocenters. The van der Waals surface area contributed by atoms with Crippen LogP contribution in [0.5, 0.6) is 0 Å². The zero-order valence-electron chi connectivity index (χ0n) is 23.1. The van der Waals surface area contributed by atoms with E-state index in [2.05, 4.69) is 27.7 Å². The minimum Gasteiger partial charge on any atom is -0.550 e. The molecule has 0 saturated carbocycles. The van der Waals surface area contributed by atoms with Gasteiger partial charge in [-0.1, -0.05) is 73.6 Å². The third-order valence-electron chi connectivity index (χ3n) is 6.34. The van der Waals surface area contributed by atoms with Gasteiger partial charge in [0.25, 0.3) is 0 Å². The van der Waals surface area contributed by atoms with Crippen molar-refractivity contribution in [2.24, 2.45) is 22.7 Å². The topological polar surface area (TPSA) is 89.5 Å². The van der Waals surface area contributed by atoms with Gasteiger partial charge in [-0.05, 0) is 56.8 Å². The number of hydrogen-bond donors (Lipinski definition) is 0. The molecule has 33 heavy (non-hydrogen) atoms. The van der Waals surface area contributed by atoms with E-state index in [1.807, 2.05) is 13.8 Å². The van der Waals surface area contributed by atoms with Crippen LogP contribution in [0, 0.1) is 22.7 Å². The van der Waals surface area contributed by atoms with E-state index in [9.17, 15) is 19.8 Å². The maximum atomic E-state index is 11.9. The van der Waals surface area contributed by atoms with Gasteiger partial charge in [0, 0.05) is 36.0 Å². The Labute approximate surface area is 289 Å². The first-order chi connectivity index (χ1) is 14.5. The molecule has 0 spiro atoms. The Kier molecular flexibility index (Phi) is 26.7. The molecule has 0 aromatic heterocycles. The number of carboxylic acid groups (broad SMARTS) is 2. The standard InChI is InChI=1S/C26H50O5.2K/c1-7-13-25(14-8-2,23(27)28)15-11-9-10-12-17-31-18-16-26(24(29)30,19-21(3)4)20-22(5)6;;/h21-22H,7-20H2,1-6H3,(H,27,28)(H,29,30);;/q;2*+1/p-2. The van der Waals surface area contributed by atoms with Crippen LogP contribution in [-0.4, -0.2) is 25.2 Å². The van der Waals surface area contributed by atoms with Crippen LogP contribution in [-0.2, 0) is 14.3 Å². The maximum Gasteiger partial charge on any atom is 1.00 e. The van der Waals surface area contributed by atoms with E-state index in [1.165, 1.54) is 0 Å². The molecule has 0 aromatic carbocycles. The van der Waals surface area contributed by atoms with Gasteiger partial charge in [0.1, 0.15) is 0 Å². The SMILES string of the molecule is CCCC(CCC)(CCCCCCOCCC(CC(C)C)(CC(C)C)C(=O)[O-])C(=O)[O-].[K+].[K+]. The number of carbonyl (C=O) groups excluding carboxylic acids is 2. The Bertz CT molecular complexity index is 493. The van der Waals surface area contributed by atoms with Crippen molar-refractivity contribution in [2.45, 2.75) is 119 Å². The molecule has 7 heteroatoms. The molecular formula is C26H48K2O5. The zero-order valence-corrected chi connectivity index (χ0v) is 29.3. The first-order valence-electron chi connectivity index (χ1n) is 12.6. The predicted octanol–water partition coefficient (Wildman–Crippen LogP) is -1.48. The summed E-state index contributed by atoms with van der Waals surface area (Å²) in [6.45, 7) is 13.3. The van der Waals surface area contributed by atoms with E-state index in [4.69, 9.17) is 4.74 Å². The van der Waals surface area contributed by atoms with Gasteiger partial charge in [0.05, 0.1) is 0 Å². The Balaban J connectivity index is -0.00000450. The number of hydrogen-bond acceptors (Lipinski definition) is 5. The van der Waals surface area contributed by atoms with Crippen LogP contribution in [0.1, 0.15) is 119 Å². The molecule has 0 aliphatic carbocycles. The second-order valence-corrected chi connectivity index (χ2v) is 10.4. The summed E-state index contributed by atoms with van der Waals surface area (Å²) in [5, 5.41) is 23.7. The zero-order chi connectivity index (χ0) is 23.9. The normalized spacial score (nSPS) is 11.9. The predicted molar refractivity (Wildman–Crippen MR) is 122 cm³/mol. The first-order valence-corrected chi connectivity index (χ1v) is 12.6. The van der Waals surface area contributed by atoms with E-state index in [1.54, 1.807) is 0 Å². The fraction of sp³-hybridized carbons (Fsp3) is 0.923. The van der Waals surface area contributed by atoms with Crippen LogP contribution in [0.15, 0.2) is 0 Å². The van der Waals surface area contributed by atoms with E-state index in [0.717, 1.165) is 38.5 Å². The molecule has 0 bridgehead atoms. The molecule has 0 saturated heterocycles. The summed E-state index contributed by atoms with van der Waals surface area (Å²) in [7, 11) is 0. The second-order valence-electron chi connectivity index (χ2n) is 10.4. The van der Waals surface area contributed by atoms with Crippen molar-refractivity contribution in [3.8, 4) is 0 Å². The molecule has 0 aliphatic rings. The summed E-state index contributed by atoms with van der Waals surface area (Å²) in [6, 6.07) is 0. The van der Waals surface area contributed by atoms with Gasteiger partial charge in [-0.2, -0.15) is 0 Å². The molecule has 0 heterocycles. The largest absolute Gasteiger partial charge is 1.00 e. The van der Waals surface area contributed by atoms with Crippen molar-refractivity contribution in [2.75, 3.05) is 13.2 Å². The maximum absolute atomic E-state index is 11.9. The second kappa shape index (κ2) is 22.2. The number of carboxylic acids is 2. The van der Waals surface area contributed by atoms with Gasteiger partial charge in [0.2, 0.25) is 0 Å². The number of rotatable bonds is 20. The van der Waals surface area contributed by atoms with Crippen LogP contribution in [0.4, 0.5) is 0 Å². The first kappa shape index (κ1) is 39.7. The number of carbonyl (C=O) groups is 2. The van der Waals surface area contributed by atoms with Crippen LogP contribution >= 0.6 is 0 Å².